The Kier molecular flexibility index (Phi) is 18.0. The fourth-order valence-corrected chi connectivity index (χ4v) is 3.09. The van der Waals surface area contributed by atoms with Crippen LogP contribution in [0.1, 0.15) is 63.9 Å². The number of nitrogens with one attached hydrogen (secondary N) is 1. The molecule has 0 atom stereocenters. The largest absolute Gasteiger partial charge is 0.369 e. The summed E-state index contributed by atoms with van der Waals surface area (Å²) < 4.78 is 0. The fraction of sp³-hybridized carbons (Fsp3) is 0.387. The van der Waals surface area contributed by atoms with E-state index in [0.29, 0.717) is 18.9 Å². The molecule has 0 aromatic heterocycles. The molecule has 0 heterocycles. The van der Waals surface area contributed by atoms with Crippen LogP contribution in [-0.4, -0.2) is 36.8 Å². The van der Waals surface area contributed by atoms with E-state index in [1.807, 2.05) is 24.3 Å². The van der Waals surface area contributed by atoms with Gasteiger partial charge in [-0.25, -0.2) is 4.99 Å². The normalized spacial score (nSPS) is 13.1. The lowest BCUT2D eigenvalue weighted by Gasteiger charge is -2.09. The van der Waals surface area contributed by atoms with E-state index in [1.165, 1.54) is 0 Å². The number of nitrogens with two attached hydrogens (primary N) is 2. The molecular formula is C31H46N6O. The number of aliphatic imine (C=N–C) groups is 2. The Labute approximate surface area is 229 Å². The van der Waals surface area contributed by atoms with Crippen LogP contribution in [0.3, 0.4) is 0 Å². The number of guanidine groups is 2. The number of amides is 1. The molecule has 5 N–H and O–H groups in total. The summed E-state index contributed by atoms with van der Waals surface area (Å²) in [4.78, 5) is 22.1. The van der Waals surface area contributed by atoms with Gasteiger partial charge >= 0.3 is 0 Å². The number of unbranched alkanes of at least 4 members (excludes halogenated alkanes) is 1. The number of carbonyl (C=O) groups excluding carboxylic acids is 1. The highest BCUT2D eigenvalue weighted by Gasteiger charge is 2.02. The minimum absolute atomic E-state index is 0.0147. The van der Waals surface area contributed by atoms with Gasteiger partial charge in [-0.3, -0.25) is 4.79 Å². The van der Waals surface area contributed by atoms with E-state index in [1.54, 1.807) is 19.0 Å². The summed E-state index contributed by atoms with van der Waals surface area (Å²) in [5, 5.41) is 2.94. The van der Waals surface area contributed by atoms with Crippen molar-refractivity contribution in [1.29, 1.82) is 0 Å². The van der Waals surface area contributed by atoms with Gasteiger partial charge in [-0.05, 0) is 62.6 Å². The Morgan fingerprint density at radius 2 is 1.37 bits per heavy atom. The molecule has 1 rings (SSSR count). The standard InChI is InChI=1S/C31H46N6O/c1-4-5-6-7-8-9-10-11-12-13-14-15-16-17-18-19-20-21-29(38)35-28-24-22-27(23-25-28)26-34-30(32)36-31(33)37(2)3/h5-6,8-9,11-12,14-15,17-18,22-25H,4,7,10,13,16,19-21,26H2,1-3H3,(H,35,38)(H4,32,33,34,36). The van der Waals surface area contributed by atoms with Crippen LogP contribution in [0.5, 0.6) is 0 Å². The molecule has 7 nitrogen and oxygen atoms in total. The number of allylic oxidation sites excluding steroid dienone is 10. The number of rotatable bonds is 16. The van der Waals surface area contributed by atoms with Crippen molar-refractivity contribution in [3.05, 3.63) is 90.6 Å². The van der Waals surface area contributed by atoms with Gasteiger partial charge in [0, 0.05) is 26.2 Å². The van der Waals surface area contributed by atoms with Gasteiger partial charge in [0.15, 0.2) is 5.96 Å². The molecule has 0 unspecified atom stereocenters. The Bertz CT molecular complexity index is 998. The maximum absolute atomic E-state index is 12.2. The first kappa shape index (κ1) is 32.2. The summed E-state index contributed by atoms with van der Waals surface area (Å²) in [5.74, 6) is 0.438. The van der Waals surface area contributed by atoms with Crippen LogP contribution in [0, 0.1) is 0 Å². The van der Waals surface area contributed by atoms with Gasteiger partial charge in [0.2, 0.25) is 11.9 Å². The zero-order valence-corrected chi connectivity index (χ0v) is 23.4. The van der Waals surface area contributed by atoms with Crippen LogP contribution < -0.4 is 16.8 Å². The van der Waals surface area contributed by atoms with Crippen LogP contribution in [-0.2, 0) is 11.3 Å². The van der Waals surface area contributed by atoms with E-state index >= 15 is 0 Å². The topological polar surface area (TPSA) is 109 Å². The van der Waals surface area contributed by atoms with Gasteiger partial charge in [0.05, 0.1) is 6.54 Å². The third-order valence-corrected chi connectivity index (χ3v) is 5.28. The summed E-state index contributed by atoms with van der Waals surface area (Å²) in [5.41, 5.74) is 13.2. The van der Waals surface area contributed by atoms with Crippen molar-refractivity contribution in [2.24, 2.45) is 21.5 Å². The van der Waals surface area contributed by atoms with E-state index in [0.717, 1.165) is 56.2 Å². The van der Waals surface area contributed by atoms with Gasteiger partial charge in [0.25, 0.3) is 0 Å². The molecule has 0 spiro atoms. The van der Waals surface area contributed by atoms with Gasteiger partial charge in [0.1, 0.15) is 0 Å². The molecule has 0 saturated heterocycles. The molecule has 38 heavy (non-hydrogen) atoms. The lowest BCUT2D eigenvalue weighted by molar-refractivity contribution is -0.116. The number of anilines is 1. The summed E-state index contributed by atoms with van der Waals surface area (Å²) >= 11 is 0. The SMILES string of the molecule is CCC=CCC=CCC=CCC=CCC=CCCCC(=O)Nc1ccc(CN=C(N)N=C(N)N(C)C)cc1. The molecule has 206 valence electrons. The monoisotopic (exact) mass is 518 g/mol. The second kappa shape index (κ2) is 21.2. The first-order valence-electron chi connectivity index (χ1n) is 13.4. The molecule has 7 heteroatoms. The highest BCUT2D eigenvalue weighted by atomic mass is 16.1. The lowest BCUT2D eigenvalue weighted by atomic mass is 10.2. The van der Waals surface area contributed by atoms with Crippen LogP contribution >= 0.6 is 0 Å². The van der Waals surface area contributed by atoms with E-state index in [4.69, 9.17) is 11.5 Å². The van der Waals surface area contributed by atoms with Crippen LogP contribution in [0.4, 0.5) is 5.69 Å². The molecule has 0 saturated carbocycles. The molecule has 0 bridgehead atoms. The highest BCUT2D eigenvalue weighted by molar-refractivity contribution is 5.93. The van der Waals surface area contributed by atoms with Crippen molar-refractivity contribution < 1.29 is 4.79 Å². The zero-order valence-electron chi connectivity index (χ0n) is 23.4. The van der Waals surface area contributed by atoms with Crippen molar-refractivity contribution in [3.8, 4) is 0 Å². The van der Waals surface area contributed by atoms with Crippen LogP contribution in [0.25, 0.3) is 0 Å². The van der Waals surface area contributed by atoms with Crippen molar-refractivity contribution in [2.75, 3.05) is 19.4 Å². The summed E-state index contributed by atoms with van der Waals surface area (Å²) in [6.45, 7) is 2.53. The first-order chi connectivity index (χ1) is 18.4. The predicted molar refractivity (Wildman–Crippen MR) is 164 cm³/mol. The van der Waals surface area contributed by atoms with Crippen LogP contribution in [0.2, 0.25) is 0 Å². The van der Waals surface area contributed by atoms with Crippen molar-refractivity contribution in [3.63, 3.8) is 0 Å². The van der Waals surface area contributed by atoms with Gasteiger partial charge < -0.3 is 21.7 Å². The number of carbonyl (C=O) groups is 1. The van der Waals surface area contributed by atoms with Crippen molar-refractivity contribution in [1.82, 2.24) is 4.90 Å². The minimum Gasteiger partial charge on any atom is -0.369 e. The Hall–Kier alpha value is -3.87. The third kappa shape index (κ3) is 17.5. The number of hydrogen-bond donors (Lipinski definition) is 3. The fourth-order valence-electron chi connectivity index (χ4n) is 3.09. The van der Waals surface area contributed by atoms with Gasteiger partial charge in [-0.2, -0.15) is 4.99 Å². The molecule has 0 radical (unpaired) electrons. The smallest absolute Gasteiger partial charge is 0.224 e. The number of hydrogen-bond acceptors (Lipinski definition) is 2. The Balaban J connectivity index is 2.18. The van der Waals surface area contributed by atoms with Crippen molar-refractivity contribution >= 4 is 23.5 Å². The predicted octanol–water partition coefficient (Wildman–Crippen LogP) is 6.24. The molecule has 0 aliphatic heterocycles. The summed E-state index contributed by atoms with van der Waals surface area (Å²) in [6.07, 6.45) is 29.0. The maximum Gasteiger partial charge on any atom is 0.224 e. The van der Waals surface area contributed by atoms with E-state index in [-0.39, 0.29) is 11.9 Å². The first-order valence-corrected chi connectivity index (χ1v) is 13.4. The van der Waals surface area contributed by atoms with E-state index in [2.05, 4.69) is 83.0 Å². The van der Waals surface area contributed by atoms with Gasteiger partial charge in [-0.1, -0.05) is 79.8 Å². The summed E-state index contributed by atoms with van der Waals surface area (Å²) in [6, 6.07) is 7.53. The Morgan fingerprint density at radius 3 is 1.89 bits per heavy atom. The van der Waals surface area contributed by atoms with Crippen molar-refractivity contribution in [2.45, 2.75) is 64.8 Å². The second-order valence-electron chi connectivity index (χ2n) is 8.88. The average molecular weight is 519 g/mol. The molecule has 0 aliphatic rings. The maximum atomic E-state index is 12.2. The zero-order chi connectivity index (χ0) is 27.8. The summed E-state index contributed by atoms with van der Waals surface area (Å²) in [7, 11) is 3.56. The second-order valence-corrected chi connectivity index (χ2v) is 8.88. The molecule has 1 aromatic rings. The molecule has 0 fully saturated rings. The van der Waals surface area contributed by atoms with Gasteiger partial charge in [-0.15, -0.1) is 0 Å². The molecule has 0 aliphatic carbocycles. The van der Waals surface area contributed by atoms with E-state index < -0.39 is 0 Å². The highest BCUT2D eigenvalue weighted by Crippen LogP contribution is 2.11. The average Bonchev–Trinajstić information content (AvgIpc) is 2.90. The number of benzene rings is 1. The third-order valence-electron chi connectivity index (χ3n) is 5.28. The molecular weight excluding hydrogens is 472 g/mol. The molecule has 1 aromatic carbocycles. The minimum atomic E-state index is 0.0147. The molecule has 1 amide bonds. The number of nitrogens with zero attached hydrogens (tertiary/aromatic N) is 3. The quantitative estimate of drug-likeness (QED) is 0.104. The lowest BCUT2D eigenvalue weighted by Crippen LogP contribution is -2.32. The van der Waals surface area contributed by atoms with Crippen LogP contribution in [0.15, 0.2) is 95.0 Å². The Morgan fingerprint density at radius 1 is 0.842 bits per heavy atom. The van der Waals surface area contributed by atoms with E-state index in [9.17, 15) is 4.79 Å².